The van der Waals surface area contributed by atoms with E-state index >= 15 is 0 Å². The van der Waals surface area contributed by atoms with Gasteiger partial charge in [0.25, 0.3) is 5.91 Å². The molecule has 2 aromatic heterocycles. The molecule has 3 aromatic rings. The van der Waals surface area contributed by atoms with Crippen molar-refractivity contribution in [1.82, 2.24) is 20.3 Å². The number of carbonyl (C=O) groups is 1. The summed E-state index contributed by atoms with van der Waals surface area (Å²) in [6.07, 6.45) is 0. The van der Waals surface area contributed by atoms with Crippen LogP contribution in [0, 0.1) is 0 Å². The number of benzene rings is 1. The van der Waals surface area contributed by atoms with Gasteiger partial charge in [0.1, 0.15) is 11.6 Å². The number of pyridine rings is 1. The van der Waals surface area contributed by atoms with Crippen LogP contribution >= 0.6 is 0 Å². The molecule has 202 valence electrons. The molecule has 38 heavy (non-hydrogen) atoms. The minimum atomic E-state index is -3.05. The lowest BCUT2D eigenvalue weighted by molar-refractivity contribution is -0.0501. The van der Waals surface area contributed by atoms with E-state index in [0.717, 1.165) is 11.2 Å². The lowest BCUT2D eigenvalue weighted by Gasteiger charge is -2.37. The number of ether oxygens (including phenoxy) is 3. The average molecular weight is 529 g/mol. The second-order valence-corrected chi connectivity index (χ2v) is 9.32. The van der Waals surface area contributed by atoms with Gasteiger partial charge in [0.05, 0.1) is 55.2 Å². The van der Waals surface area contributed by atoms with Gasteiger partial charge in [-0.05, 0) is 44.2 Å². The van der Waals surface area contributed by atoms with Crippen LogP contribution in [-0.2, 0) is 9.47 Å². The van der Waals surface area contributed by atoms with E-state index in [0.29, 0.717) is 62.4 Å². The third-order valence-corrected chi connectivity index (χ3v) is 6.76. The first-order valence-electron chi connectivity index (χ1n) is 12.5. The van der Waals surface area contributed by atoms with Crippen LogP contribution in [0.5, 0.6) is 5.75 Å². The van der Waals surface area contributed by atoms with Crippen LogP contribution in [0.1, 0.15) is 24.2 Å². The van der Waals surface area contributed by atoms with Crippen molar-refractivity contribution in [3.05, 3.63) is 35.9 Å². The SMILES string of the molecule is CNC(=O)c1cc(-c2ccc3c(N4CCOCC4C)nc(N4CCOCC4C)nc3n2)ccc1OC(F)F. The third-order valence-electron chi connectivity index (χ3n) is 6.76. The summed E-state index contributed by atoms with van der Waals surface area (Å²) in [6, 6.07) is 8.36. The second-order valence-electron chi connectivity index (χ2n) is 9.32. The minimum absolute atomic E-state index is 0.0134. The highest BCUT2D eigenvalue weighted by Gasteiger charge is 2.27. The molecule has 5 rings (SSSR count). The highest BCUT2D eigenvalue weighted by Crippen LogP contribution is 2.32. The summed E-state index contributed by atoms with van der Waals surface area (Å²) in [6.45, 7) is 4.80. The number of nitrogens with one attached hydrogen (secondary N) is 1. The van der Waals surface area contributed by atoms with Crippen LogP contribution in [0.3, 0.4) is 0 Å². The fraction of sp³-hybridized carbons (Fsp3) is 0.462. The van der Waals surface area contributed by atoms with Crippen LogP contribution in [0.4, 0.5) is 20.5 Å². The quantitative estimate of drug-likeness (QED) is 0.517. The number of morpholine rings is 2. The summed E-state index contributed by atoms with van der Waals surface area (Å²) in [5, 5.41) is 3.25. The Balaban J connectivity index is 1.62. The number of alkyl halides is 2. The highest BCUT2D eigenvalue weighted by molar-refractivity contribution is 5.98. The van der Waals surface area contributed by atoms with Gasteiger partial charge in [0.15, 0.2) is 5.65 Å². The molecule has 2 aliphatic heterocycles. The maximum Gasteiger partial charge on any atom is 0.387 e. The number of hydrogen-bond donors (Lipinski definition) is 1. The first kappa shape index (κ1) is 26.0. The lowest BCUT2D eigenvalue weighted by atomic mass is 10.1. The van der Waals surface area contributed by atoms with E-state index in [4.69, 9.17) is 24.4 Å². The van der Waals surface area contributed by atoms with Gasteiger partial charge in [-0.3, -0.25) is 4.79 Å². The fourth-order valence-corrected chi connectivity index (χ4v) is 4.76. The van der Waals surface area contributed by atoms with Crippen LogP contribution in [0.25, 0.3) is 22.3 Å². The van der Waals surface area contributed by atoms with Crippen LogP contribution < -0.4 is 19.9 Å². The topological polar surface area (TPSA) is 102 Å². The van der Waals surface area contributed by atoms with Gasteiger partial charge in [0, 0.05) is 25.7 Å². The number of anilines is 2. The van der Waals surface area contributed by atoms with Crippen molar-refractivity contribution in [2.75, 3.05) is 56.4 Å². The molecule has 2 fully saturated rings. The predicted molar refractivity (Wildman–Crippen MR) is 138 cm³/mol. The minimum Gasteiger partial charge on any atom is -0.434 e. The average Bonchev–Trinajstić information content (AvgIpc) is 2.92. The van der Waals surface area contributed by atoms with Crippen molar-refractivity contribution in [2.24, 2.45) is 0 Å². The summed E-state index contributed by atoms with van der Waals surface area (Å²) in [7, 11) is 1.43. The number of nitrogens with zero attached hydrogens (tertiary/aromatic N) is 5. The first-order chi connectivity index (χ1) is 18.4. The molecule has 12 heteroatoms. The summed E-state index contributed by atoms with van der Waals surface area (Å²) >= 11 is 0. The van der Waals surface area contributed by atoms with Crippen molar-refractivity contribution in [1.29, 1.82) is 0 Å². The van der Waals surface area contributed by atoms with Crippen molar-refractivity contribution in [2.45, 2.75) is 32.5 Å². The molecule has 1 N–H and O–H groups in total. The number of halogens is 2. The van der Waals surface area contributed by atoms with Gasteiger partial charge >= 0.3 is 6.61 Å². The van der Waals surface area contributed by atoms with Crippen molar-refractivity contribution in [3.63, 3.8) is 0 Å². The number of rotatable bonds is 6. The molecule has 4 heterocycles. The van der Waals surface area contributed by atoms with Crippen molar-refractivity contribution < 1.29 is 27.8 Å². The van der Waals surface area contributed by atoms with E-state index < -0.39 is 12.5 Å². The molecule has 0 aliphatic carbocycles. The number of fused-ring (bicyclic) bond motifs is 1. The van der Waals surface area contributed by atoms with Crippen molar-refractivity contribution >= 4 is 28.7 Å². The van der Waals surface area contributed by atoms with Gasteiger partial charge in [-0.1, -0.05) is 0 Å². The monoisotopic (exact) mass is 528 g/mol. The lowest BCUT2D eigenvalue weighted by Crippen LogP contribution is -2.46. The van der Waals surface area contributed by atoms with Gasteiger partial charge in [-0.25, -0.2) is 4.98 Å². The maximum atomic E-state index is 12.9. The molecule has 1 amide bonds. The Labute approximate surface area is 218 Å². The van der Waals surface area contributed by atoms with Crippen LogP contribution in [0.15, 0.2) is 30.3 Å². The molecule has 0 radical (unpaired) electrons. The van der Waals surface area contributed by atoms with Gasteiger partial charge in [-0.15, -0.1) is 0 Å². The molecule has 2 unspecified atom stereocenters. The Hall–Kier alpha value is -3.64. The predicted octanol–water partition coefficient (Wildman–Crippen LogP) is 3.10. The number of aromatic nitrogens is 3. The standard InChI is InChI=1S/C26H30F2N6O4/c1-15-13-36-10-8-33(15)23-18-5-6-20(17-4-7-21(38-25(27)28)19(12-17)24(35)29-3)30-22(18)31-26(32-23)34-9-11-37-14-16(34)2/h4-7,12,15-16,25H,8-11,13-14H2,1-3H3,(H,29,35). The van der Waals surface area contributed by atoms with Crippen LogP contribution in [0.2, 0.25) is 0 Å². The fourth-order valence-electron chi connectivity index (χ4n) is 4.76. The van der Waals surface area contributed by atoms with Crippen LogP contribution in [-0.4, -0.2) is 86.1 Å². The molecule has 0 saturated carbocycles. The first-order valence-corrected chi connectivity index (χ1v) is 12.5. The molecule has 2 aliphatic rings. The molecule has 0 bridgehead atoms. The van der Waals surface area contributed by atoms with Gasteiger partial charge in [0.2, 0.25) is 5.95 Å². The molecule has 1 aromatic carbocycles. The van der Waals surface area contributed by atoms with E-state index in [1.165, 1.54) is 19.2 Å². The number of hydrogen-bond acceptors (Lipinski definition) is 9. The van der Waals surface area contributed by atoms with E-state index in [9.17, 15) is 13.6 Å². The van der Waals surface area contributed by atoms with E-state index in [1.807, 2.05) is 12.1 Å². The molecule has 2 saturated heterocycles. The molecule has 0 spiro atoms. The Morgan fingerprint density at radius 2 is 1.74 bits per heavy atom. The van der Waals surface area contributed by atoms with E-state index in [1.54, 1.807) is 6.07 Å². The summed E-state index contributed by atoms with van der Waals surface area (Å²) in [5.74, 6) is 0.597. The smallest absolute Gasteiger partial charge is 0.387 e. The van der Waals surface area contributed by atoms with E-state index in [-0.39, 0.29) is 23.4 Å². The Kier molecular flexibility index (Phi) is 7.52. The second kappa shape index (κ2) is 11.0. The Morgan fingerprint density at radius 1 is 1.03 bits per heavy atom. The normalized spacial score (nSPS) is 20.2. The summed E-state index contributed by atoms with van der Waals surface area (Å²) in [5.41, 5.74) is 1.58. The Morgan fingerprint density at radius 3 is 2.39 bits per heavy atom. The molecule has 2 atom stereocenters. The molecular weight excluding hydrogens is 498 g/mol. The number of carbonyl (C=O) groups excluding carboxylic acids is 1. The summed E-state index contributed by atoms with van der Waals surface area (Å²) < 4.78 is 41.6. The van der Waals surface area contributed by atoms with Gasteiger partial charge in [-0.2, -0.15) is 18.7 Å². The van der Waals surface area contributed by atoms with E-state index in [2.05, 4.69) is 33.7 Å². The zero-order valence-electron chi connectivity index (χ0n) is 21.5. The Bertz CT molecular complexity index is 1330. The largest absolute Gasteiger partial charge is 0.434 e. The van der Waals surface area contributed by atoms with Crippen molar-refractivity contribution in [3.8, 4) is 17.0 Å². The summed E-state index contributed by atoms with van der Waals surface area (Å²) in [4.78, 5) is 31.4. The third kappa shape index (κ3) is 5.18. The van der Waals surface area contributed by atoms with Gasteiger partial charge < -0.3 is 29.3 Å². The number of amides is 1. The maximum absolute atomic E-state index is 12.9. The zero-order valence-corrected chi connectivity index (χ0v) is 21.5. The molecule has 10 nitrogen and oxygen atoms in total. The molecular formula is C26H30F2N6O4. The highest BCUT2D eigenvalue weighted by atomic mass is 19.3. The zero-order chi connectivity index (χ0) is 26.8.